The van der Waals surface area contributed by atoms with E-state index in [1.807, 2.05) is 103 Å². The van der Waals surface area contributed by atoms with Gasteiger partial charge in [-0.25, -0.2) is 9.79 Å². The lowest BCUT2D eigenvalue weighted by atomic mass is 9.93. The van der Waals surface area contributed by atoms with Crippen LogP contribution in [0.5, 0.6) is 5.75 Å². The van der Waals surface area contributed by atoms with E-state index in [9.17, 15) is 14.9 Å². The Labute approximate surface area is 274 Å². The van der Waals surface area contributed by atoms with E-state index in [0.29, 0.717) is 37.5 Å². The summed E-state index contributed by atoms with van der Waals surface area (Å²) in [4.78, 5) is 34.4. The Hall–Kier alpha value is -5.17. The third-order valence-corrected chi connectivity index (χ3v) is 9.26. The maximum atomic E-state index is 14.3. The summed E-state index contributed by atoms with van der Waals surface area (Å²) >= 11 is 2.87. The molecule has 1 atom stereocenters. The van der Waals surface area contributed by atoms with Gasteiger partial charge in [0.25, 0.3) is 5.56 Å². The second kappa shape index (κ2) is 13.9. The molecular weight excluding hydrogens is 615 g/mol. The summed E-state index contributed by atoms with van der Waals surface area (Å²) in [5.41, 5.74) is 4.06. The van der Waals surface area contributed by atoms with Crippen LogP contribution in [-0.2, 0) is 16.1 Å². The Bertz CT molecular complexity index is 2160. The molecule has 4 aromatic carbocycles. The highest BCUT2D eigenvalue weighted by atomic mass is 32.2. The van der Waals surface area contributed by atoms with Crippen molar-refractivity contribution in [2.75, 3.05) is 12.9 Å². The molecule has 0 N–H and O–H groups in total. The minimum absolute atomic E-state index is 0.183. The first-order valence-electron chi connectivity index (χ1n) is 14.6. The Morgan fingerprint density at radius 1 is 1.00 bits per heavy atom. The summed E-state index contributed by atoms with van der Waals surface area (Å²) in [7, 11) is 0. The van der Waals surface area contributed by atoms with E-state index < -0.39 is 12.0 Å². The van der Waals surface area contributed by atoms with E-state index >= 15 is 0 Å². The maximum absolute atomic E-state index is 14.3. The lowest BCUT2D eigenvalue weighted by Crippen LogP contribution is -2.40. The quantitative estimate of drug-likeness (QED) is 0.142. The number of nitrogens with zero attached hydrogens (tertiary/aromatic N) is 3. The molecule has 0 saturated heterocycles. The van der Waals surface area contributed by atoms with Crippen LogP contribution in [0, 0.1) is 11.3 Å². The van der Waals surface area contributed by atoms with Gasteiger partial charge < -0.3 is 9.47 Å². The summed E-state index contributed by atoms with van der Waals surface area (Å²) in [5.74, 6) is 0.0530. The van der Waals surface area contributed by atoms with Crippen molar-refractivity contribution in [2.45, 2.75) is 24.5 Å². The molecule has 1 aromatic heterocycles. The largest absolute Gasteiger partial charge is 0.488 e. The number of esters is 1. The van der Waals surface area contributed by atoms with E-state index in [-0.39, 0.29) is 18.8 Å². The topological polar surface area (TPSA) is 93.7 Å². The van der Waals surface area contributed by atoms with E-state index in [4.69, 9.17) is 14.5 Å². The summed E-state index contributed by atoms with van der Waals surface area (Å²) in [6.45, 7) is 2.14. The van der Waals surface area contributed by atoms with Gasteiger partial charge in [0.2, 0.25) is 0 Å². The average Bonchev–Trinajstić information content (AvgIpc) is 3.41. The van der Waals surface area contributed by atoms with Crippen LogP contribution in [0.15, 0.2) is 123 Å². The Morgan fingerprint density at radius 3 is 2.46 bits per heavy atom. The van der Waals surface area contributed by atoms with Gasteiger partial charge in [0.15, 0.2) is 4.80 Å². The van der Waals surface area contributed by atoms with Crippen LogP contribution in [0.4, 0.5) is 0 Å². The number of fused-ring (bicyclic) bond motifs is 1. The summed E-state index contributed by atoms with van der Waals surface area (Å²) in [6, 6.07) is 33.6. The predicted octanol–water partition coefficient (Wildman–Crippen LogP) is 6.11. The van der Waals surface area contributed by atoms with Gasteiger partial charge in [0.05, 0.1) is 40.1 Å². The van der Waals surface area contributed by atoms with Crippen molar-refractivity contribution in [2.24, 2.45) is 4.99 Å². The molecule has 228 valence electrons. The zero-order valence-corrected chi connectivity index (χ0v) is 26.8. The molecule has 0 fully saturated rings. The number of para-hydroxylation sites is 1. The SMILES string of the molecule is CCOC(=O)C1=C(c2ccccc2)N=c2s/c(=C\c3ccccc3OCc3ccccc3C#N)c(=O)n2[C@H]1c1ccc(SC)cc1. The van der Waals surface area contributed by atoms with Gasteiger partial charge in [-0.1, -0.05) is 90.2 Å². The molecule has 2 heterocycles. The third kappa shape index (κ3) is 6.18. The maximum Gasteiger partial charge on any atom is 0.338 e. The highest BCUT2D eigenvalue weighted by molar-refractivity contribution is 7.98. The van der Waals surface area contributed by atoms with Crippen molar-refractivity contribution < 1.29 is 14.3 Å². The molecule has 6 rings (SSSR count). The summed E-state index contributed by atoms with van der Waals surface area (Å²) < 4.78 is 13.8. The second-order valence-electron chi connectivity index (χ2n) is 10.3. The van der Waals surface area contributed by atoms with E-state index in [1.54, 1.807) is 35.4 Å². The van der Waals surface area contributed by atoms with Gasteiger partial charge in [-0.05, 0) is 49.1 Å². The minimum Gasteiger partial charge on any atom is -0.488 e. The number of aromatic nitrogens is 1. The number of carbonyl (C=O) groups is 1. The van der Waals surface area contributed by atoms with Crippen molar-refractivity contribution in [3.63, 3.8) is 0 Å². The van der Waals surface area contributed by atoms with Gasteiger partial charge in [-0.3, -0.25) is 9.36 Å². The van der Waals surface area contributed by atoms with Crippen LogP contribution < -0.4 is 19.6 Å². The molecule has 1 aliphatic heterocycles. The molecule has 1 aliphatic rings. The minimum atomic E-state index is -0.752. The number of nitriles is 1. The van der Waals surface area contributed by atoms with Gasteiger partial charge in [0.1, 0.15) is 12.4 Å². The molecule has 46 heavy (non-hydrogen) atoms. The van der Waals surface area contributed by atoms with Crippen molar-refractivity contribution >= 4 is 40.8 Å². The van der Waals surface area contributed by atoms with Gasteiger partial charge >= 0.3 is 5.97 Å². The first-order valence-corrected chi connectivity index (χ1v) is 16.7. The van der Waals surface area contributed by atoms with Crippen molar-refractivity contribution in [1.29, 1.82) is 5.26 Å². The average molecular weight is 644 g/mol. The fourth-order valence-electron chi connectivity index (χ4n) is 5.33. The molecule has 0 spiro atoms. The van der Waals surface area contributed by atoms with E-state index in [2.05, 4.69) is 6.07 Å². The zero-order chi connectivity index (χ0) is 32.0. The number of ether oxygens (including phenoxy) is 2. The number of carbonyl (C=O) groups excluding carboxylic acids is 1. The van der Waals surface area contributed by atoms with Gasteiger partial charge in [-0.15, -0.1) is 11.8 Å². The lowest BCUT2D eigenvalue weighted by molar-refractivity contribution is -0.138. The Morgan fingerprint density at radius 2 is 1.72 bits per heavy atom. The van der Waals surface area contributed by atoms with Crippen LogP contribution >= 0.6 is 23.1 Å². The van der Waals surface area contributed by atoms with Gasteiger partial charge in [0, 0.05) is 21.6 Å². The zero-order valence-electron chi connectivity index (χ0n) is 25.2. The first-order chi connectivity index (χ1) is 22.5. The number of thioether (sulfide) groups is 1. The fraction of sp³-hybridized carbons (Fsp3) is 0.135. The standard InChI is InChI=1S/C37H29N3O4S2/c1-3-43-36(42)32-33(24-11-5-4-6-12-24)39-37-40(34(32)25-17-19-29(45-2)20-18-25)35(41)31(46-37)21-26-13-9-10-16-30(26)44-23-28-15-8-7-14-27(28)22-38/h4-21,34H,3,23H2,1-2H3/b31-21-/t34-/m0/s1. The molecule has 0 radical (unpaired) electrons. The van der Waals surface area contributed by atoms with Crippen molar-refractivity contribution in [3.8, 4) is 11.8 Å². The number of thiazole rings is 1. The molecule has 5 aromatic rings. The normalized spacial score (nSPS) is 14.3. The Kier molecular flexibility index (Phi) is 9.29. The lowest BCUT2D eigenvalue weighted by Gasteiger charge is -2.26. The Balaban J connectivity index is 1.52. The highest BCUT2D eigenvalue weighted by Crippen LogP contribution is 2.35. The number of rotatable bonds is 9. The van der Waals surface area contributed by atoms with E-state index in [1.165, 1.54) is 11.3 Å². The molecule has 0 amide bonds. The van der Waals surface area contributed by atoms with Crippen molar-refractivity contribution in [1.82, 2.24) is 4.57 Å². The summed E-state index contributed by atoms with van der Waals surface area (Å²) in [5, 5.41) is 9.49. The third-order valence-electron chi connectivity index (χ3n) is 7.53. The molecule has 0 unspecified atom stereocenters. The summed E-state index contributed by atoms with van der Waals surface area (Å²) in [6.07, 6.45) is 3.79. The van der Waals surface area contributed by atoms with Gasteiger partial charge in [-0.2, -0.15) is 5.26 Å². The van der Waals surface area contributed by atoms with Crippen LogP contribution in [0.25, 0.3) is 11.8 Å². The monoisotopic (exact) mass is 643 g/mol. The smallest absolute Gasteiger partial charge is 0.338 e. The van der Waals surface area contributed by atoms with Crippen molar-refractivity contribution in [3.05, 3.63) is 156 Å². The molecular formula is C37H29N3O4S2. The molecule has 0 saturated carbocycles. The molecule has 9 heteroatoms. The first kappa shape index (κ1) is 30.8. The molecule has 0 aliphatic carbocycles. The second-order valence-corrected chi connectivity index (χ2v) is 12.2. The highest BCUT2D eigenvalue weighted by Gasteiger charge is 2.35. The van der Waals surface area contributed by atoms with Crippen LogP contribution in [0.1, 0.15) is 40.8 Å². The van der Waals surface area contributed by atoms with E-state index in [0.717, 1.165) is 21.6 Å². The molecule has 7 nitrogen and oxygen atoms in total. The number of hydrogen-bond donors (Lipinski definition) is 0. The van der Waals surface area contributed by atoms with Crippen LogP contribution in [0.2, 0.25) is 0 Å². The van der Waals surface area contributed by atoms with Crippen LogP contribution in [-0.4, -0.2) is 23.4 Å². The number of hydrogen-bond acceptors (Lipinski definition) is 8. The van der Waals surface area contributed by atoms with Crippen LogP contribution in [0.3, 0.4) is 0 Å². The fourth-order valence-corrected chi connectivity index (χ4v) is 6.73. The number of benzene rings is 4. The predicted molar refractivity (Wildman–Crippen MR) is 181 cm³/mol. The molecule has 0 bridgehead atoms.